The number of carbonyl (C=O) groups excluding carboxylic acids is 5. The van der Waals surface area contributed by atoms with Crippen LogP contribution in [0.4, 0.5) is 0 Å². The molecule has 7 heteroatoms. The summed E-state index contributed by atoms with van der Waals surface area (Å²) in [5.74, 6) is -2.36. The summed E-state index contributed by atoms with van der Waals surface area (Å²) in [4.78, 5) is 61.5. The number of rotatable bonds is 7. The number of esters is 1. The van der Waals surface area contributed by atoms with Gasteiger partial charge in [-0.3, -0.25) is 29.3 Å². The maximum atomic E-state index is 12.9. The van der Waals surface area contributed by atoms with Crippen molar-refractivity contribution < 1.29 is 28.7 Å². The van der Waals surface area contributed by atoms with Gasteiger partial charge >= 0.3 is 5.97 Å². The third-order valence-corrected chi connectivity index (χ3v) is 6.19. The summed E-state index contributed by atoms with van der Waals surface area (Å²) in [6, 6.07) is 8.48. The fraction of sp³-hybridized carbons (Fsp3) is 0.542. The molecule has 1 heterocycles. The standard InChI is InChI=1S/C24H29NO6/c1-14-8-15(2)24(30)18(9-14)20(10-16-11-21(27)25-22(28)12-16)31-23(29)13-19(26)17-6-4-3-5-7-17/h3-7,14-16,18,20H,8-13H2,1-2H3,(H,25,27,28)/t14-,15+,18-,20+/m0/s1. The molecule has 2 fully saturated rings. The van der Waals surface area contributed by atoms with Crippen LogP contribution in [0.3, 0.4) is 0 Å². The van der Waals surface area contributed by atoms with Crippen molar-refractivity contribution in [1.82, 2.24) is 5.32 Å². The Kier molecular flexibility index (Phi) is 7.36. The first-order valence-electron chi connectivity index (χ1n) is 10.9. The zero-order valence-electron chi connectivity index (χ0n) is 18.0. The second-order valence-electron chi connectivity index (χ2n) is 8.96. The Hall–Kier alpha value is -2.83. The number of Topliss-reactive ketones (excluding diaryl/α,β-unsaturated/α-hetero) is 2. The van der Waals surface area contributed by atoms with Gasteiger partial charge in [0.15, 0.2) is 5.78 Å². The smallest absolute Gasteiger partial charge is 0.313 e. The lowest BCUT2D eigenvalue weighted by atomic mass is 9.71. The molecule has 0 unspecified atom stereocenters. The van der Waals surface area contributed by atoms with Crippen molar-refractivity contribution in [2.24, 2.45) is 23.7 Å². The summed E-state index contributed by atoms with van der Waals surface area (Å²) >= 11 is 0. The number of piperidine rings is 1. The lowest BCUT2D eigenvalue weighted by molar-refractivity contribution is -0.156. The van der Waals surface area contributed by atoms with E-state index in [1.54, 1.807) is 30.3 Å². The van der Waals surface area contributed by atoms with Crippen LogP contribution in [0, 0.1) is 23.7 Å². The molecule has 0 radical (unpaired) electrons. The van der Waals surface area contributed by atoms with E-state index in [1.165, 1.54) is 0 Å². The Bertz CT molecular complexity index is 848. The summed E-state index contributed by atoms with van der Waals surface area (Å²) in [5.41, 5.74) is 0.418. The molecule has 2 aliphatic rings. The number of hydrogen-bond acceptors (Lipinski definition) is 6. The molecule has 2 amide bonds. The number of hydrogen-bond donors (Lipinski definition) is 1. The summed E-state index contributed by atoms with van der Waals surface area (Å²) in [5, 5.41) is 2.27. The lowest BCUT2D eigenvalue weighted by Crippen LogP contribution is -2.44. The van der Waals surface area contributed by atoms with E-state index in [9.17, 15) is 24.0 Å². The minimum absolute atomic E-state index is 0.0388. The Morgan fingerprint density at radius 2 is 1.68 bits per heavy atom. The second kappa shape index (κ2) is 9.98. The van der Waals surface area contributed by atoms with E-state index >= 15 is 0 Å². The van der Waals surface area contributed by atoms with Crippen LogP contribution in [0.15, 0.2) is 30.3 Å². The van der Waals surface area contributed by atoms with Gasteiger partial charge in [0.25, 0.3) is 0 Å². The first kappa shape index (κ1) is 22.8. The molecule has 4 atom stereocenters. The molecule has 1 aliphatic carbocycles. The van der Waals surface area contributed by atoms with Crippen LogP contribution in [-0.4, -0.2) is 35.5 Å². The number of carbonyl (C=O) groups is 5. The molecule has 1 saturated carbocycles. The van der Waals surface area contributed by atoms with Crippen LogP contribution >= 0.6 is 0 Å². The number of ether oxygens (including phenoxy) is 1. The minimum Gasteiger partial charge on any atom is -0.461 e. The van der Waals surface area contributed by atoms with Gasteiger partial charge in [-0.05, 0) is 31.1 Å². The van der Waals surface area contributed by atoms with Crippen LogP contribution in [0.5, 0.6) is 0 Å². The highest BCUT2D eigenvalue weighted by molar-refractivity contribution is 6.06. The van der Waals surface area contributed by atoms with Crippen molar-refractivity contribution in [2.45, 2.75) is 58.5 Å². The molecule has 3 rings (SSSR count). The minimum atomic E-state index is -0.752. The Labute approximate surface area is 181 Å². The number of benzene rings is 1. The Morgan fingerprint density at radius 1 is 1.03 bits per heavy atom. The van der Waals surface area contributed by atoms with E-state index in [-0.39, 0.29) is 54.5 Å². The molecule has 0 spiro atoms. The predicted molar refractivity (Wildman–Crippen MR) is 112 cm³/mol. The zero-order chi connectivity index (χ0) is 22.5. The van der Waals surface area contributed by atoms with E-state index in [4.69, 9.17) is 4.74 Å². The largest absolute Gasteiger partial charge is 0.461 e. The third kappa shape index (κ3) is 6.09. The highest BCUT2D eigenvalue weighted by atomic mass is 16.5. The molecule has 1 aromatic rings. The van der Waals surface area contributed by atoms with E-state index in [2.05, 4.69) is 12.2 Å². The molecule has 1 saturated heterocycles. The molecule has 0 bridgehead atoms. The van der Waals surface area contributed by atoms with Crippen molar-refractivity contribution >= 4 is 29.4 Å². The third-order valence-electron chi connectivity index (χ3n) is 6.19. The molecule has 31 heavy (non-hydrogen) atoms. The van der Waals surface area contributed by atoms with Crippen LogP contribution in [-0.2, 0) is 23.9 Å². The molecule has 1 aliphatic heterocycles. The second-order valence-corrected chi connectivity index (χ2v) is 8.96. The lowest BCUT2D eigenvalue weighted by Gasteiger charge is -2.36. The summed E-state index contributed by atoms with van der Waals surface area (Å²) < 4.78 is 5.70. The molecule has 0 aromatic heterocycles. The molecular formula is C24H29NO6. The monoisotopic (exact) mass is 427 g/mol. The van der Waals surface area contributed by atoms with Crippen LogP contribution in [0.2, 0.25) is 0 Å². The van der Waals surface area contributed by atoms with E-state index in [1.807, 2.05) is 6.92 Å². The van der Waals surface area contributed by atoms with E-state index in [0.717, 1.165) is 6.42 Å². The van der Waals surface area contributed by atoms with Crippen LogP contribution < -0.4 is 5.32 Å². The van der Waals surface area contributed by atoms with E-state index < -0.39 is 24.4 Å². The quantitative estimate of drug-likeness (QED) is 0.310. The molecular weight excluding hydrogens is 398 g/mol. The summed E-state index contributed by atoms with van der Waals surface area (Å²) in [6.07, 6.45) is 0.742. The molecule has 166 valence electrons. The van der Waals surface area contributed by atoms with Gasteiger partial charge in [0.1, 0.15) is 18.3 Å². The summed E-state index contributed by atoms with van der Waals surface area (Å²) in [7, 11) is 0. The summed E-state index contributed by atoms with van der Waals surface area (Å²) in [6.45, 7) is 3.94. The SMILES string of the molecule is C[C@H]1C[C@@H](C)C(=O)[C@H]([C@@H](CC2CC(=O)NC(=O)C2)OC(=O)CC(=O)c2ccccc2)C1. The maximum absolute atomic E-state index is 12.9. The zero-order valence-corrected chi connectivity index (χ0v) is 18.0. The highest BCUT2D eigenvalue weighted by Gasteiger charge is 2.41. The molecule has 7 nitrogen and oxygen atoms in total. The van der Waals surface area contributed by atoms with Gasteiger partial charge in [-0.25, -0.2) is 0 Å². The molecule has 1 aromatic carbocycles. The Balaban J connectivity index is 1.73. The average molecular weight is 427 g/mol. The normalized spacial score (nSPS) is 25.6. The first-order chi connectivity index (χ1) is 14.7. The van der Waals surface area contributed by atoms with Gasteiger partial charge in [0.2, 0.25) is 11.8 Å². The number of amides is 2. The fourth-order valence-corrected chi connectivity index (χ4v) is 4.78. The van der Waals surface area contributed by atoms with Crippen LogP contribution in [0.1, 0.15) is 62.7 Å². The number of imide groups is 1. The van der Waals surface area contributed by atoms with E-state index in [0.29, 0.717) is 17.9 Å². The van der Waals surface area contributed by atoms with Gasteiger partial charge in [-0.1, -0.05) is 44.2 Å². The molecule has 1 N–H and O–H groups in total. The Morgan fingerprint density at radius 3 is 2.32 bits per heavy atom. The van der Waals surface area contributed by atoms with Gasteiger partial charge in [0, 0.05) is 24.3 Å². The van der Waals surface area contributed by atoms with Crippen molar-refractivity contribution in [3.63, 3.8) is 0 Å². The van der Waals surface area contributed by atoms with Gasteiger partial charge in [0.05, 0.1) is 5.92 Å². The predicted octanol–water partition coefficient (Wildman–Crippen LogP) is 2.87. The van der Waals surface area contributed by atoms with Gasteiger partial charge in [-0.15, -0.1) is 0 Å². The highest BCUT2D eigenvalue weighted by Crippen LogP contribution is 2.36. The number of ketones is 2. The number of nitrogens with one attached hydrogen (secondary N) is 1. The fourth-order valence-electron chi connectivity index (χ4n) is 4.78. The van der Waals surface area contributed by atoms with Gasteiger partial charge < -0.3 is 4.74 Å². The average Bonchev–Trinajstić information content (AvgIpc) is 2.70. The van der Waals surface area contributed by atoms with Crippen molar-refractivity contribution in [3.05, 3.63) is 35.9 Å². The van der Waals surface area contributed by atoms with Crippen molar-refractivity contribution in [2.75, 3.05) is 0 Å². The maximum Gasteiger partial charge on any atom is 0.313 e. The van der Waals surface area contributed by atoms with Gasteiger partial charge in [-0.2, -0.15) is 0 Å². The van der Waals surface area contributed by atoms with Crippen LogP contribution in [0.25, 0.3) is 0 Å². The van der Waals surface area contributed by atoms with Crippen molar-refractivity contribution in [1.29, 1.82) is 0 Å². The van der Waals surface area contributed by atoms with Crippen molar-refractivity contribution in [3.8, 4) is 0 Å². The first-order valence-corrected chi connectivity index (χ1v) is 10.9. The topological polar surface area (TPSA) is 107 Å².